The van der Waals surface area contributed by atoms with Gasteiger partial charge in [-0.25, -0.2) is 0 Å². The van der Waals surface area contributed by atoms with Gasteiger partial charge in [0.2, 0.25) is 0 Å². The van der Waals surface area contributed by atoms with Crippen molar-refractivity contribution < 1.29 is 4.79 Å². The van der Waals surface area contributed by atoms with E-state index in [1.54, 1.807) is 12.3 Å². The quantitative estimate of drug-likeness (QED) is 0.785. The van der Waals surface area contributed by atoms with Crippen LogP contribution in [0.25, 0.3) is 0 Å². The molecule has 1 aliphatic rings. The molecule has 0 bridgehead atoms. The maximum absolute atomic E-state index is 12.2. The minimum Gasteiger partial charge on any atom is -0.333 e. The molecule has 0 spiro atoms. The van der Waals surface area contributed by atoms with E-state index in [0.717, 1.165) is 32.5 Å². The van der Waals surface area contributed by atoms with Crippen molar-refractivity contribution in [2.45, 2.75) is 25.8 Å². The van der Waals surface area contributed by atoms with E-state index in [1.807, 2.05) is 4.90 Å². The second-order valence-electron chi connectivity index (χ2n) is 4.12. The molecule has 1 aromatic rings. The molecule has 88 valence electrons. The van der Waals surface area contributed by atoms with Crippen molar-refractivity contribution in [2.75, 3.05) is 19.6 Å². The topological polar surface area (TPSA) is 61.0 Å². The highest BCUT2D eigenvalue weighted by Gasteiger charge is 2.27. The number of aromatic nitrogens is 2. The number of hydrogen-bond donors (Lipinski definition) is 2. The van der Waals surface area contributed by atoms with Gasteiger partial charge in [-0.15, -0.1) is 0 Å². The van der Waals surface area contributed by atoms with E-state index in [9.17, 15) is 4.79 Å². The molecule has 5 heteroatoms. The Kier molecular flexibility index (Phi) is 3.56. The van der Waals surface area contributed by atoms with Gasteiger partial charge in [-0.1, -0.05) is 6.92 Å². The molecule has 1 saturated heterocycles. The maximum Gasteiger partial charge on any atom is 0.272 e. The fourth-order valence-corrected chi connectivity index (χ4v) is 2.13. The largest absolute Gasteiger partial charge is 0.333 e. The maximum atomic E-state index is 12.2. The van der Waals surface area contributed by atoms with Crippen LogP contribution in [0.1, 0.15) is 30.3 Å². The number of nitrogens with one attached hydrogen (secondary N) is 2. The van der Waals surface area contributed by atoms with Crippen LogP contribution >= 0.6 is 0 Å². The third-order valence-corrected chi connectivity index (χ3v) is 2.93. The predicted molar refractivity (Wildman–Crippen MR) is 61.2 cm³/mol. The van der Waals surface area contributed by atoms with E-state index in [0.29, 0.717) is 11.7 Å². The molecule has 0 saturated carbocycles. The van der Waals surface area contributed by atoms with Gasteiger partial charge in [-0.05, 0) is 25.5 Å². The highest BCUT2D eigenvalue weighted by Crippen LogP contribution is 2.12. The Morgan fingerprint density at radius 2 is 2.56 bits per heavy atom. The highest BCUT2D eigenvalue weighted by molar-refractivity contribution is 5.92. The molecule has 1 unspecified atom stereocenters. The number of aromatic amines is 1. The summed E-state index contributed by atoms with van der Waals surface area (Å²) >= 11 is 0. The molecule has 0 aliphatic carbocycles. The minimum atomic E-state index is 0.0630. The lowest BCUT2D eigenvalue weighted by Crippen LogP contribution is -2.42. The second kappa shape index (κ2) is 5.12. The van der Waals surface area contributed by atoms with Crippen molar-refractivity contribution in [3.63, 3.8) is 0 Å². The molecule has 1 atom stereocenters. The fourth-order valence-electron chi connectivity index (χ4n) is 2.13. The Balaban J connectivity index is 2.09. The predicted octanol–water partition coefficient (Wildman–Crippen LogP) is 0.624. The van der Waals surface area contributed by atoms with Gasteiger partial charge >= 0.3 is 0 Å². The van der Waals surface area contributed by atoms with Gasteiger partial charge in [0.25, 0.3) is 5.91 Å². The number of H-pyrrole nitrogens is 1. The number of amides is 1. The average Bonchev–Trinajstić information content (AvgIpc) is 2.96. The van der Waals surface area contributed by atoms with Crippen molar-refractivity contribution in [1.29, 1.82) is 0 Å². The number of hydrogen-bond acceptors (Lipinski definition) is 3. The van der Waals surface area contributed by atoms with Gasteiger partial charge in [0, 0.05) is 25.3 Å². The zero-order valence-corrected chi connectivity index (χ0v) is 9.57. The van der Waals surface area contributed by atoms with Crippen LogP contribution in [-0.2, 0) is 0 Å². The summed E-state index contributed by atoms with van der Waals surface area (Å²) in [6, 6.07) is 2.06. The summed E-state index contributed by atoms with van der Waals surface area (Å²) in [5, 5.41) is 9.85. The van der Waals surface area contributed by atoms with Crippen molar-refractivity contribution in [3.05, 3.63) is 18.0 Å². The molecule has 0 radical (unpaired) electrons. The first-order valence-corrected chi connectivity index (χ1v) is 5.84. The van der Waals surface area contributed by atoms with Gasteiger partial charge < -0.3 is 10.2 Å². The van der Waals surface area contributed by atoms with E-state index in [-0.39, 0.29) is 5.91 Å². The van der Waals surface area contributed by atoms with Crippen molar-refractivity contribution in [1.82, 2.24) is 20.4 Å². The monoisotopic (exact) mass is 222 g/mol. The van der Waals surface area contributed by atoms with E-state index < -0.39 is 0 Å². The number of nitrogens with zero attached hydrogens (tertiary/aromatic N) is 2. The van der Waals surface area contributed by atoms with Crippen LogP contribution in [0.4, 0.5) is 0 Å². The molecule has 1 amide bonds. The van der Waals surface area contributed by atoms with Gasteiger partial charge in [-0.2, -0.15) is 5.10 Å². The molecular formula is C11H18N4O. The van der Waals surface area contributed by atoms with Crippen LogP contribution in [0.2, 0.25) is 0 Å². The van der Waals surface area contributed by atoms with Crippen molar-refractivity contribution in [2.24, 2.45) is 0 Å². The average molecular weight is 222 g/mol. The second-order valence-corrected chi connectivity index (χ2v) is 4.12. The van der Waals surface area contributed by atoms with Crippen molar-refractivity contribution >= 4 is 5.91 Å². The summed E-state index contributed by atoms with van der Waals surface area (Å²) in [6.07, 6.45) is 3.64. The van der Waals surface area contributed by atoms with Gasteiger partial charge in [-0.3, -0.25) is 9.89 Å². The van der Waals surface area contributed by atoms with Crippen LogP contribution < -0.4 is 5.32 Å². The summed E-state index contributed by atoms with van der Waals surface area (Å²) in [5.41, 5.74) is 0.584. The highest BCUT2D eigenvalue weighted by atomic mass is 16.2. The molecule has 1 aliphatic heterocycles. The van der Waals surface area contributed by atoms with E-state index in [1.165, 1.54) is 0 Å². The third kappa shape index (κ3) is 2.24. The number of rotatable bonds is 4. The van der Waals surface area contributed by atoms with Crippen LogP contribution in [-0.4, -0.2) is 46.7 Å². The number of carbonyl (C=O) groups is 1. The summed E-state index contributed by atoms with van der Waals surface area (Å²) in [7, 11) is 0. The lowest BCUT2D eigenvalue weighted by molar-refractivity contribution is 0.0686. The van der Waals surface area contributed by atoms with E-state index >= 15 is 0 Å². The standard InChI is InChI=1S/C11H18N4O/c1-2-7-15(9-3-5-12-8-9)11(16)10-4-6-13-14-10/h4,6,9,12H,2-3,5,7-8H2,1H3,(H,13,14). The summed E-state index contributed by atoms with van der Waals surface area (Å²) in [6.45, 7) is 4.81. The van der Waals surface area contributed by atoms with Crippen LogP contribution in [0.5, 0.6) is 0 Å². The molecule has 16 heavy (non-hydrogen) atoms. The minimum absolute atomic E-state index is 0.0630. The zero-order valence-electron chi connectivity index (χ0n) is 9.57. The molecule has 5 nitrogen and oxygen atoms in total. The lowest BCUT2D eigenvalue weighted by Gasteiger charge is -2.27. The third-order valence-electron chi connectivity index (χ3n) is 2.93. The van der Waals surface area contributed by atoms with E-state index in [2.05, 4.69) is 22.4 Å². The SMILES string of the molecule is CCCN(C(=O)c1ccn[nH]1)C1CCNC1. The number of carbonyl (C=O) groups excluding carboxylic acids is 1. The Hall–Kier alpha value is -1.36. The Bertz CT molecular complexity index is 330. The van der Waals surface area contributed by atoms with Gasteiger partial charge in [0.15, 0.2) is 0 Å². The fraction of sp³-hybridized carbons (Fsp3) is 0.636. The first-order valence-electron chi connectivity index (χ1n) is 5.84. The smallest absolute Gasteiger partial charge is 0.272 e. The Morgan fingerprint density at radius 1 is 1.69 bits per heavy atom. The molecule has 1 aromatic heterocycles. The lowest BCUT2D eigenvalue weighted by atomic mass is 10.2. The van der Waals surface area contributed by atoms with Crippen LogP contribution in [0, 0.1) is 0 Å². The van der Waals surface area contributed by atoms with Crippen molar-refractivity contribution in [3.8, 4) is 0 Å². The molecule has 2 N–H and O–H groups in total. The molecular weight excluding hydrogens is 204 g/mol. The van der Waals surface area contributed by atoms with Crippen LogP contribution in [0.15, 0.2) is 12.3 Å². The first kappa shape index (κ1) is 11.1. The summed E-state index contributed by atoms with van der Waals surface area (Å²) in [5.74, 6) is 0.0630. The summed E-state index contributed by atoms with van der Waals surface area (Å²) < 4.78 is 0. The molecule has 0 aromatic carbocycles. The van der Waals surface area contributed by atoms with Gasteiger partial charge in [0.05, 0.1) is 0 Å². The normalized spacial score (nSPS) is 19.9. The van der Waals surface area contributed by atoms with E-state index in [4.69, 9.17) is 0 Å². The summed E-state index contributed by atoms with van der Waals surface area (Å²) in [4.78, 5) is 14.2. The molecule has 2 heterocycles. The van der Waals surface area contributed by atoms with Gasteiger partial charge in [0.1, 0.15) is 5.69 Å². The Labute approximate surface area is 95.2 Å². The Morgan fingerprint density at radius 3 is 3.12 bits per heavy atom. The van der Waals surface area contributed by atoms with Crippen LogP contribution in [0.3, 0.4) is 0 Å². The molecule has 1 fully saturated rings. The molecule has 2 rings (SSSR count). The zero-order chi connectivity index (χ0) is 11.4. The first-order chi connectivity index (χ1) is 7.83.